The van der Waals surface area contributed by atoms with Crippen molar-refractivity contribution < 1.29 is 14.3 Å². The van der Waals surface area contributed by atoms with Gasteiger partial charge in [0.05, 0.1) is 6.54 Å². The van der Waals surface area contributed by atoms with E-state index in [4.69, 9.17) is 4.42 Å². The van der Waals surface area contributed by atoms with E-state index in [1.807, 2.05) is 25.7 Å². The number of nitrogens with zero attached hydrogens (tertiary/aromatic N) is 4. The lowest BCUT2D eigenvalue weighted by Gasteiger charge is -2.34. The Balaban J connectivity index is 1.53. The van der Waals surface area contributed by atoms with Gasteiger partial charge in [-0.25, -0.2) is 0 Å². The number of amides is 1. The van der Waals surface area contributed by atoms with E-state index in [2.05, 4.69) is 32.3 Å². The van der Waals surface area contributed by atoms with Crippen LogP contribution in [0.2, 0.25) is 0 Å². The smallest absolute Gasteiger partial charge is 0.287 e. The van der Waals surface area contributed by atoms with Crippen LogP contribution in [0.25, 0.3) is 0 Å². The van der Waals surface area contributed by atoms with Crippen molar-refractivity contribution in [3.8, 4) is 11.8 Å². The minimum absolute atomic E-state index is 0.0857. The molecule has 3 rings (SSSR count). The molecule has 8 heteroatoms. The highest BCUT2D eigenvalue weighted by Gasteiger charge is 2.35. The largest absolute Gasteiger partial charge is 0.443 e. The number of aromatic nitrogens is 3. The van der Waals surface area contributed by atoms with Gasteiger partial charge >= 0.3 is 0 Å². The lowest BCUT2D eigenvalue weighted by Crippen LogP contribution is -2.43. The Labute approximate surface area is 164 Å². The third-order valence-corrected chi connectivity index (χ3v) is 4.62. The molecular formula is C20H27N5O3. The minimum Gasteiger partial charge on any atom is -0.443 e. The number of furan rings is 1. The first-order valence-electron chi connectivity index (χ1n) is 9.31. The fraction of sp³-hybridized carbons (Fsp3) is 0.550. The molecule has 0 aliphatic heterocycles. The van der Waals surface area contributed by atoms with Crippen molar-refractivity contribution in [3.63, 3.8) is 0 Å². The summed E-state index contributed by atoms with van der Waals surface area (Å²) in [6.45, 7) is 3.92. The summed E-state index contributed by atoms with van der Waals surface area (Å²) in [6, 6.07) is 3.31. The molecular weight excluding hydrogens is 358 g/mol. The van der Waals surface area contributed by atoms with E-state index < -0.39 is 5.60 Å². The Morgan fingerprint density at radius 2 is 2.11 bits per heavy atom. The van der Waals surface area contributed by atoms with Gasteiger partial charge in [-0.15, -0.1) is 10.2 Å². The van der Waals surface area contributed by atoms with Crippen LogP contribution in [-0.2, 0) is 13.6 Å². The fourth-order valence-electron chi connectivity index (χ4n) is 3.10. The predicted molar refractivity (Wildman–Crippen MR) is 104 cm³/mol. The summed E-state index contributed by atoms with van der Waals surface area (Å²) >= 11 is 0. The van der Waals surface area contributed by atoms with E-state index in [9.17, 15) is 9.90 Å². The summed E-state index contributed by atoms with van der Waals surface area (Å²) < 4.78 is 7.50. The Bertz CT molecular complexity index is 904. The van der Waals surface area contributed by atoms with E-state index in [-0.39, 0.29) is 17.7 Å². The van der Waals surface area contributed by atoms with Gasteiger partial charge < -0.3 is 24.3 Å². The van der Waals surface area contributed by atoms with Gasteiger partial charge in [0.25, 0.3) is 5.91 Å². The molecule has 2 aromatic heterocycles. The third kappa shape index (κ3) is 4.80. The van der Waals surface area contributed by atoms with Gasteiger partial charge in [-0.2, -0.15) is 0 Å². The highest BCUT2D eigenvalue weighted by molar-refractivity contribution is 5.91. The van der Waals surface area contributed by atoms with Gasteiger partial charge in [-0.3, -0.25) is 4.79 Å². The van der Waals surface area contributed by atoms with Gasteiger partial charge in [-0.05, 0) is 58.8 Å². The molecule has 2 N–H and O–H groups in total. The van der Waals surface area contributed by atoms with Gasteiger partial charge in [0.15, 0.2) is 11.5 Å². The highest BCUT2D eigenvalue weighted by Crippen LogP contribution is 2.36. The molecule has 1 fully saturated rings. The number of carbonyl (C=O) groups excluding carboxylic acids is 1. The number of nitrogens with one attached hydrogen (secondary N) is 1. The van der Waals surface area contributed by atoms with Gasteiger partial charge in [0.1, 0.15) is 17.2 Å². The summed E-state index contributed by atoms with van der Waals surface area (Å²) in [5, 5.41) is 21.2. The van der Waals surface area contributed by atoms with Gasteiger partial charge in [-0.1, -0.05) is 5.92 Å². The molecule has 2 heterocycles. The second-order valence-corrected chi connectivity index (χ2v) is 8.08. The van der Waals surface area contributed by atoms with Crippen molar-refractivity contribution in [2.75, 3.05) is 14.1 Å². The molecule has 1 aliphatic carbocycles. The van der Waals surface area contributed by atoms with E-state index in [0.717, 1.165) is 31.0 Å². The van der Waals surface area contributed by atoms with E-state index in [0.29, 0.717) is 11.7 Å². The summed E-state index contributed by atoms with van der Waals surface area (Å²) in [4.78, 5) is 14.4. The van der Waals surface area contributed by atoms with Crippen LogP contribution in [0.4, 0.5) is 0 Å². The molecule has 0 spiro atoms. The fourth-order valence-corrected chi connectivity index (χ4v) is 3.10. The summed E-state index contributed by atoms with van der Waals surface area (Å²) in [6.07, 6.45) is 1.65. The Morgan fingerprint density at radius 1 is 1.39 bits per heavy atom. The highest BCUT2D eigenvalue weighted by atomic mass is 16.3. The maximum Gasteiger partial charge on any atom is 0.287 e. The van der Waals surface area contributed by atoms with E-state index >= 15 is 0 Å². The monoisotopic (exact) mass is 385 g/mol. The molecule has 150 valence electrons. The van der Waals surface area contributed by atoms with Crippen LogP contribution in [0.3, 0.4) is 0 Å². The van der Waals surface area contributed by atoms with E-state index in [1.54, 1.807) is 26.0 Å². The number of hydrogen-bond donors (Lipinski definition) is 2. The van der Waals surface area contributed by atoms with Crippen LogP contribution in [0.5, 0.6) is 0 Å². The van der Waals surface area contributed by atoms with Crippen LogP contribution in [0.15, 0.2) is 16.5 Å². The lowest BCUT2D eigenvalue weighted by molar-refractivity contribution is 0.0878. The average molecular weight is 385 g/mol. The number of rotatable bonds is 5. The maximum absolute atomic E-state index is 12.4. The average Bonchev–Trinajstić information content (AvgIpc) is 3.16. The molecule has 1 aliphatic rings. The van der Waals surface area contributed by atoms with Crippen LogP contribution >= 0.6 is 0 Å². The molecule has 0 aromatic carbocycles. The minimum atomic E-state index is -1.11. The van der Waals surface area contributed by atoms with Crippen molar-refractivity contribution in [1.29, 1.82) is 0 Å². The van der Waals surface area contributed by atoms with Crippen LogP contribution in [0, 0.1) is 11.8 Å². The number of hydrogen-bond acceptors (Lipinski definition) is 6. The zero-order valence-corrected chi connectivity index (χ0v) is 17.0. The summed E-state index contributed by atoms with van der Waals surface area (Å²) in [5.74, 6) is 7.89. The van der Waals surface area contributed by atoms with E-state index in [1.165, 1.54) is 0 Å². The second-order valence-electron chi connectivity index (χ2n) is 8.08. The van der Waals surface area contributed by atoms with Crippen LogP contribution in [0.1, 0.15) is 60.6 Å². The van der Waals surface area contributed by atoms with Crippen molar-refractivity contribution in [1.82, 2.24) is 25.0 Å². The molecule has 1 amide bonds. The zero-order chi connectivity index (χ0) is 20.5. The van der Waals surface area contributed by atoms with Crippen LogP contribution < -0.4 is 5.32 Å². The Morgan fingerprint density at radius 3 is 2.75 bits per heavy atom. The molecule has 8 nitrogen and oxygen atoms in total. The Hall–Kier alpha value is -2.63. The standard InChI is InChI=1S/C20H27N5O3/c1-20(2,27)9-8-15-6-7-16(28-15)19(26)21-14-10-13(11-14)18-23-22-17(25(18)5)12-24(3)4/h6-7,13-14,27H,10-12H2,1-5H3,(H,21,26). The van der Waals surface area contributed by atoms with Crippen molar-refractivity contribution >= 4 is 5.91 Å². The maximum atomic E-state index is 12.4. The molecule has 28 heavy (non-hydrogen) atoms. The molecule has 0 unspecified atom stereocenters. The normalized spacial score (nSPS) is 19.1. The first kappa shape index (κ1) is 20.1. The number of aliphatic hydroxyl groups is 1. The van der Waals surface area contributed by atoms with Crippen molar-refractivity contribution in [3.05, 3.63) is 35.3 Å². The quantitative estimate of drug-likeness (QED) is 0.753. The third-order valence-electron chi connectivity index (χ3n) is 4.62. The lowest BCUT2D eigenvalue weighted by atomic mass is 9.79. The van der Waals surface area contributed by atoms with Gasteiger partial charge in [0, 0.05) is 19.0 Å². The molecule has 0 radical (unpaired) electrons. The Kier molecular flexibility index (Phi) is 5.59. The SMILES string of the molecule is CN(C)Cc1nnc(C2CC(NC(=O)c3ccc(C#CC(C)(C)O)o3)C2)n1C. The van der Waals surface area contributed by atoms with Crippen molar-refractivity contribution in [2.45, 2.75) is 50.8 Å². The molecule has 0 saturated heterocycles. The molecule has 0 bridgehead atoms. The summed E-state index contributed by atoms with van der Waals surface area (Å²) in [7, 11) is 5.98. The summed E-state index contributed by atoms with van der Waals surface area (Å²) in [5.41, 5.74) is -1.11. The predicted octanol–water partition coefficient (Wildman–Crippen LogP) is 1.27. The van der Waals surface area contributed by atoms with Crippen molar-refractivity contribution in [2.24, 2.45) is 7.05 Å². The molecule has 2 aromatic rings. The molecule has 0 atom stereocenters. The first-order valence-corrected chi connectivity index (χ1v) is 9.31. The van der Waals surface area contributed by atoms with Crippen LogP contribution in [-0.4, -0.2) is 56.4 Å². The number of carbonyl (C=O) groups is 1. The van der Waals surface area contributed by atoms with Gasteiger partial charge in [0.2, 0.25) is 0 Å². The topological polar surface area (TPSA) is 96.4 Å². The zero-order valence-electron chi connectivity index (χ0n) is 17.0. The molecule has 1 saturated carbocycles. The second kappa shape index (κ2) is 7.78. The first-order chi connectivity index (χ1) is 13.1.